The Labute approximate surface area is 318 Å². The maximum absolute atomic E-state index is 14.0. The average Bonchev–Trinajstić information content (AvgIpc) is 3.17. The predicted octanol–water partition coefficient (Wildman–Crippen LogP) is 4.14. The summed E-state index contributed by atoms with van der Waals surface area (Å²) in [5, 5.41) is 24.1. The first-order chi connectivity index (χ1) is 26.0. The van der Waals surface area contributed by atoms with E-state index in [1.165, 1.54) is 0 Å². The maximum atomic E-state index is 14.0. The Morgan fingerprint density at radius 2 is 0.907 bits per heavy atom. The fraction of sp³-hybridized carbons (Fsp3) is 0.395. The number of hydrogen-bond donors (Lipinski definition) is 5. The van der Waals surface area contributed by atoms with Gasteiger partial charge in [0, 0.05) is 37.6 Å². The first kappa shape index (κ1) is 41.3. The lowest BCUT2D eigenvalue weighted by Crippen LogP contribution is -2.61. The van der Waals surface area contributed by atoms with Crippen molar-refractivity contribution in [2.45, 2.75) is 96.5 Å². The van der Waals surface area contributed by atoms with Crippen LogP contribution in [0.15, 0.2) is 110 Å². The quantitative estimate of drug-likeness (QED) is 0.0912. The van der Waals surface area contributed by atoms with E-state index >= 15 is 0 Å². The molecule has 0 bridgehead atoms. The number of aliphatic hydroxyl groups is 1. The zero-order valence-electron chi connectivity index (χ0n) is 31.7. The summed E-state index contributed by atoms with van der Waals surface area (Å²) in [7, 11) is 0. The van der Waals surface area contributed by atoms with Gasteiger partial charge in [0.2, 0.25) is 23.6 Å². The van der Waals surface area contributed by atoms with Crippen LogP contribution in [-0.4, -0.2) is 69.0 Å². The van der Waals surface area contributed by atoms with Gasteiger partial charge in [-0.15, -0.1) is 0 Å². The minimum atomic E-state index is -1.26. The van der Waals surface area contributed by atoms with Gasteiger partial charge in [0.25, 0.3) is 0 Å². The van der Waals surface area contributed by atoms with Crippen molar-refractivity contribution in [3.8, 4) is 0 Å². The molecule has 0 radical (unpaired) electrons. The lowest BCUT2D eigenvalue weighted by Gasteiger charge is -2.34. The van der Waals surface area contributed by atoms with Crippen molar-refractivity contribution in [2.75, 3.05) is 0 Å². The minimum absolute atomic E-state index is 0.181. The largest absolute Gasteiger partial charge is 0.389 e. The van der Waals surface area contributed by atoms with E-state index in [0.29, 0.717) is 12.8 Å². The van der Waals surface area contributed by atoms with Gasteiger partial charge < -0.3 is 26.4 Å². The first-order valence-electron chi connectivity index (χ1n) is 18.7. The van der Waals surface area contributed by atoms with Crippen LogP contribution in [0.3, 0.4) is 0 Å². The van der Waals surface area contributed by atoms with Crippen LogP contribution in [0.2, 0.25) is 0 Å². The number of benzene rings is 2. The molecule has 0 spiro atoms. The van der Waals surface area contributed by atoms with Crippen molar-refractivity contribution < 1.29 is 24.3 Å². The van der Waals surface area contributed by atoms with E-state index in [0.717, 1.165) is 22.3 Å². The third-order valence-corrected chi connectivity index (χ3v) is 9.34. The molecule has 5 N–H and O–H groups in total. The number of nitrogens with one attached hydrogen (secondary N) is 4. The monoisotopic (exact) mass is 734 g/mol. The van der Waals surface area contributed by atoms with Crippen LogP contribution in [0.5, 0.6) is 0 Å². The van der Waals surface area contributed by atoms with Gasteiger partial charge in [-0.25, -0.2) is 0 Å². The van der Waals surface area contributed by atoms with Gasteiger partial charge in [0.05, 0.1) is 18.2 Å². The highest BCUT2D eigenvalue weighted by Gasteiger charge is 2.35. The van der Waals surface area contributed by atoms with Gasteiger partial charge >= 0.3 is 0 Å². The molecule has 2 aromatic carbocycles. The lowest BCUT2D eigenvalue weighted by atomic mass is 9.91. The minimum Gasteiger partial charge on any atom is -0.389 e. The fourth-order valence-corrected chi connectivity index (χ4v) is 6.24. The zero-order chi connectivity index (χ0) is 38.9. The van der Waals surface area contributed by atoms with Crippen molar-refractivity contribution in [3.05, 3.63) is 132 Å². The van der Waals surface area contributed by atoms with Gasteiger partial charge in [0.15, 0.2) is 0 Å². The third kappa shape index (κ3) is 13.5. The van der Waals surface area contributed by atoms with Crippen molar-refractivity contribution >= 4 is 23.6 Å². The summed E-state index contributed by atoms with van der Waals surface area (Å²) in [4.78, 5) is 62.3. The Hall–Kier alpha value is -5.42. The highest BCUT2D eigenvalue weighted by molar-refractivity contribution is 5.89. The summed E-state index contributed by atoms with van der Waals surface area (Å²) in [6.45, 7) is 7.40. The van der Waals surface area contributed by atoms with Crippen molar-refractivity contribution in [1.82, 2.24) is 31.2 Å². The number of nitrogens with zero attached hydrogens (tertiary/aromatic N) is 2. The smallest absolute Gasteiger partial charge is 0.243 e. The van der Waals surface area contributed by atoms with E-state index in [2.05, 4.69) is 31.2 Å². The maximum Gasteiger partial charge on any atom is 0.243 e. The molecule has 286 valence electrons. The molecular formula is C43H54N6O5. The molecule has 54 heavy (non-hydrogen) atoms. The molecule has 0 aliphatic heterocycles. The number of aromatic nitrogens is 2. The number of carbonyl (C=O) groups is 4. The van der Waals surface area contributed by atoms with Crippen molar-refractivity contribution in [1.29, 1.82) is 0 Å². The van der Waals surface area contributed by atoms with Crippen LogP contribution in [0.25, 0.3) is 0 Å². The van der Waals surface area contributed by atoms with Crippen LogP contribution in [0, 0.1) is 11.8 Å². The van der Waals surface area contributed by atoms with Gasteiger partial charge in [-0.1, -0.05) is 100 Å². The van der Waals surface area contributed by atoms with Crippen LogP contribution in [0.4, 0.5) is 0 Å². The molecular weight excluding hydrogens is 681 g/mol. The van der Waals surface area contributed by atoms with Crippen LogP contribution in [0.1, 0.15) is 62.8 Å². The Morgan fingerprint density at radius 1 is 0.537 bits per heavy atom. The molecule has 2 aromatic heterocycles. The van der Waals surface area contributed by atoms with E-state index in [-0.39, 0.29) is 49.3 Å². The molecule has 4 amide bonds. The number of pyridine rings is 2. The number of amides is 4. The highest BCUT2D eigenvalue weighted by atomic mass is 16.3. The Morgan fingerprint density at radius 3 is 1.24 bits per heavy atom. The Balaban J connectivity index is 1.54. The lowest BCUT2D eigenvalue weighted by molar-refractivity contribution is -0.132. The summed E-state index contributed by atoms with van der Waals surface area (Å²) in [6.07, 6.45) is 7.33. The number of aryl methyl sites for hydroxylation is 2. The van der Waals surface area contributed by atoms with Gasteiger partial charge in [-0.2, -0.15) is 0 Å². The summed E-state index contributed by atoms with van der Waals surface area (Å²) < 4.78 is 0. The number of rotatable bonds is 20. The second-order valence-electron chi connectivity index (χ2n) is 14.4. The van der Waals surface area contributed by atoms with Crippen molar-refractivity contribution in [2.24, 2.45) is 11.8 Å². The molecule has 5 atom stereocenters. The number of hydrogen-bond acceptors (Lipinski definition) is 7. The normalized spacial score (nSPS) is 14.0. The summed E-state index contributed by atoms with van der Waals surface area (Å²) in [5.41, 5.74) is 3.57. The zero-order valence-corrected chi connectivity index (χ0v) is 31.7. The van der Waals surface area contributed by atoms with Gasteiger partial charge in [-0.05, 0) is 71.9 Å². The molecule has 2 heterocycles. The van der Waals surface area contributed by atoms with Gasteiger partial charge in [0.1, 0.15) is 12.1 Å². The van der Waals surface area contributed by atoms with Crippen molar-refractivity contribution in [3.63, 3.8) is 0 Å². The second-order valence-corrected chi connectivity index (χ2v) is 14.4. The topological polar surface area (TPSA) is 162 Å². The molecule has 0 saturated carbocycles. The van der Waals surface area contributed by atoms with E-state index < -0.39 is 42.1 Å². The second kappa shape index (κ2) is 21.3. The van der Waals surface area contributed by atoms with Crippen LogP contribution < -0.4 is 21.3 Å². The summed E-state index contributed by atoms with van der Waals surface area (Å²) in [6, 6.07) is 22.9. The molecule has 11 nitrogen and oxygen atoms in total. The molecule has 11 heteroatoms. The van der Waals surface area contributed by atoms with E-state index in [1.807, 2.05) is 113 Å². The predicted molar refractivity (Wildman–Crippen MR) is 209 cm³/mol. The number of aliphatic hydroxyl groups excluding tert-OH is 1. The number of carbonyl (C=O) groups excluding carboxylic acids is 4. The Bertz CT molecular complexity index is 1610. The first-order valence-corrected chi connectivity index (χ1v) is 18.7. The fourth-order valence-electron chi connectivity index (χ4n) is 6.24. The summed E-state index contributed by atoms with van der Waals surface area (Å²) in [5.74, 6) is -1.94. The molecule has 0 aliphatic rings. The highest BCUT2D eigenvalue weighted by Crippen LogP contribution is 2.16. The van der Waals surface area contributed by atoms with E-state index in [4.69, 9.17) is 0 Å². The van der Waals surface area contributed by atoms with Crippen LogP contribution in [-0.2, 0) is 44.9 Å². The molecule has 4 rings (SSSR count). The summed E-state index contributed by atoms with van der Waals surface area (Å²) >= 11 is 0. The van der Waals surface area contributed by atoms with E-state index in [9.17, 15) is 24.3 Å². The molecule has 0 aliphatic carbocycles. The molecule has 4 aromatic rings. The molecule has 0 saturated heterocycles. The molecule has 1 unspecified atom stereocenters. The molecule has 0 fully saturated rings. The Kier molecular flexibility index (Phi) is 16.3. The standard InChI is InChI=1S/C43H54N6O5/c1-29(2)39(48-37(50)21-19-33-17-11-23-44-27-33)42(53)46-35(25-31-13-7-5-8-14-31)41(52)36(26-32-15-9-6-10-16-32)47-43(54)40(30(3)4)49-38(51)22-20-34-18-12-24-45-28-34/h5-18,23-24,27-30,35-36,39-41,52H,19-22,25-26H2,1-4H3,(H,46,53)(H,47,54)(H,48,50)(H,49,51)/t35-,36-,39-,40+,41?/m0/s1. The third-order valence-electron chi connectivity index (χ3n) is 9.34. The van der Waals surface area contributed by atoms with Crippen LogP contribution >= 0.6 is 0 Å². The van der Waals surface area contributed by atoms with Gasteiger partial charge in [-0.3, -0.25) is 29.1 Å². The SMILES string of the molecule is CC(C)[C@H](NC(=O)CCc1cccnc1)C(=O)N[C@@H](Cc1ccccc1)C(O)[C@H](Cc1ccccc1)NC(=O)[C@H](NC(=O)CCc1cccnc1)C(C)C. The van der Waals surface area contributed by atoms with E-state index in [1.54, 1.807) is 24.8 Å². The average molecular weight is 735 g/mol.